The second-order valence-electron chi connectivity index (χ2n) is 12.5. The van der Waals surface area contributed by atoms with Crippen molar-refractivity contribution >= 4 is 56.2 Å². The number of nitrogens with zero attached hydrogens (tertiary/aromatic N) is 4. The standard InChI is InChI=1S/C29H38N8O10S2/c1-28(2)22(25(39)37(28)47-49(42,43)44)35-24(38)21(18-14-48-27(31)34-18)36-46-29(3,26(40)41)20-9-7-15-13-16(6-8-19(15)45-20)23(30)33-11-4-5-17-10-12-32-17/h6,8,13-14,17,20,22,32H,4-5,7,9-12H2,1-3H3,(H2,30,33)(H2,31,34)(H,35,38)(H,40,41)(H,42,43,44)/b36-21-/t17-,20-,22-,29+/m1/s1. The molecule has 1 aromatic carbocycles. The summed E-state index contributed by atoms with van der Waals surface area (Å²) in [6.07, 6.45) is 2.72. The number of aryl methyl sites for hydroxylation is 1. The van der Waals surface area contributed by atoms with Crippen LogP contribution in [0.4, 0.5) is 5.13 Å². The summed E-state index contributed by atoms with van der Waals surface area (Å²) in [7, 11) is -5.03. The third-order valence-electron chi connectivity index (χ3n) is 8.69. The van der Waals surface area contributed by atoms with Crippen LogP contribution in [0.5, 0.6) is 5.75 Å². The van der Waals surface area contributed by atoms with E-state index in [-0.39, 0.29) is 17.2 Å². The number of aromatic nitrogens is 1. The third-order valence-corrected chi connectivity index (χ3v) is 9.70. The molecule has 2 fully saturated rings. The fourth-order valence-corrected chi connectivity index (χ4v) is 6.56. The first kappa shape index (κ1) is 35.9. The molecule has 0 aliphatic carbocycles. The van der Waals surface area contributed by atoms with E-state index in [1.807, 2.05) is 6.07 Å². The number of aliphatic imine (C=N–C) groups is 1. The number of hydrogen-bond acceptors (Lipinski definition) is 14. The minimum absolute atomic E-state index is 0.0625. The number of nitrogen functional groups attached to an aromatic ring is 1. The Labute approximate surface area is 285 Å². The van der Waals surface area contributed by atoms with Gasteiger partial charge in [-0.15, -0.1) is 15.6 Å². The van der Waals surface area contributed by atoms with Gasteiger partial charge in [0.25, 0.3) is 17.4 Å². The van der Waals surface area contributed by atoms with Crippen LogP contribution in [0.1, 0.15) is 63.3 Å². The smallest absolute Gasteiger partial charge is 0.418 e. The van der Waals surface area contributed by atoms with E-state index < -0.39 is 57.2 Å². The summed E-state index contributed by atoms with van der Waals surface area (Å²) in [6.45, 7) is 5.66. The predicted octanol–water partition coefficient (Wildman–Crippen LogP) is 0.371. The van der Waals surface area contributed by atoms with Crippen LogP contribution >= 0.6 is 11.3 Å². The number of benzene rings is 1. The lowest BCUT2D eigenvalue weighted by Gasteiger charge is -2.50. The fraction of sp³-hybridized carbons (Fsp3) is 0.517. The van der Waals surface area contributed by atoms with Crippen LogP contribution in [-0.2, 0) is 40.3 Å². The van der Waals surface area contributed by atoms with Crippen molar-refractivity contribution in [2.75, 3.05) is 18.8 Å². The van der Waals surface area contributed by atoms with Crippen LogP contribution in [0, 0.1) is 0 Å². The summed E-state index contributed by atoms with van der Waals surface area (Å²) < 4.78 is 41.7. The number of fused-ring (bicyclic) bond motifs is 1. The van der Waals surface area contributed by atoms with Gasteiger partial charge in [-0.25, -0.2) is 9.78 Å². The highest BCUT2D eigenvalue weighted by Gasteiger charge is 2.58. The molecule has 0 saturated carbocycles. The highest BCUT2D eigenvalue weighted by Crippen LogP contribution is 2.35. The summed E-state index contributed by atoms with van der Waals surface area (Å²) in [6, 6.07) is 4.51. The maximum Gasteiger partial charge on any atom is 0.418 e. The number of aliphatic carboxylic acids is 1. The quantitative estimate of drug-likeness (QED) is 0.0384. The van der Waals surface area contributed by atoms with Crippen molar-refractivity contribution < 1.29 is 46.3 Å². The Kier molecular flexibility index (Phi) is 10.2. The van der Waals surface area contributed by atoms with E-state index in [1.165, 1.54) is 32.6 Å². The zero-order chi connectivity index (χ0) is 35.7. The lowest BCUT2D eigenvalue weighted by Crippen LogP contribution is -2.76. The first-order chi connectivity index (χ1) is 23.0. The summed E-state index contributed by atoms with van der Waals surface area (Å²) in [5.74, 6) is -2.61. The Morgan fingerprint density at radius 1 is 1.33 bits per heavy atom. The maximum atomic E-state index is 13.4. The molecule has 4 atom stereocenters. The fourth-order valence-electron chi connectivity index (χ4n) is 5.56. The van der Waals surface area contributed by atoms with Crippen LogP contribution in [0.2, 0.25) is 0 Å². The molecule has 3 aliphatic rings. The number of rotatable bonds is 14. The molecule has 20 heteroatoms. The van der Waals surface area contributed by atoms with Crippen LogP contribution in [-0.4, -0.2) is 99.9 Å². The Morgan fingerprint density at radius 3 is 2.65 bits per heavy atom. The van der Waals surface area contributed by atoms with Crippen molar-refractivity contribution in [3.05, 3.63) is 40.4 Å². The highest BCUT2D eigenvalue weighted by molar-refractivity contribution is 7.80. The van der Waals surface area contributed by atoms with Gasteiger partial charge >= 0.3 is 16.4 Å². The number of nitrogens with one attached hydrogen (secondary N) is 2. The van der Waals surface area contributed by atoms with Gasteiger partial charge in [-0.05, 0) is 83.2 Å². The monoisotopic (exact) mass is 722 g/mol. The van der Waals surface area contributed by atoms with Crippen molar-refractivity contribution in [1.29, 1.82) is 0 Å². The van der Waals surface area contributed by atoms with Crippen molar-refractivity contribution in [1.82, 2.24) is 20.7 Å². The van der Waals surface area contributed by atoms with Gasteiger partial charge in [-0.2, -0.15) is 13.5 Å². The molecule has 1 aromatic heterocycles. The predicted molar refractivity (Wildman–Crippen MR) is 176 cm³/mol. The normalized spacial score (nSPS) is 23.3. The molecule has 2 saturated heterocycles. The topological polar surface area (TPSA) is 270 Å². The van der Waals surface area contributed by atoms with Gasteiger partial charge in [0.2, 0.25) is 0 Å². The van der Waals surface area contributed by atoms with E-state index in [4.69, 9.17) is 25.6 Å². The van der Waals surface area contributed by atoms with Gasteiger partial charge in [0.15, 0.2) is 16.9 Å². The average molecular weight is 723 g/mol. The van der Waals surface area contributed by atoms with Crippen LogP contribution in [0.25, 0.3) is 0 Å². The number of carboxylic acid groups (broad SMARTS) is 1. The van der Waals surface area contributed by atoms with Crippen LogP contribution in [0.3, 0.4) is 0 Å². The summed E-state index contributed by atoms with van der Waals surface area (Å²) >= 11 is 0.968. The summed E-state index contributed by atoms with van der Waals surface area (Å²) in [4.78, 5) is 52.8. The largest absolute Gasteiger partial charge is 0.485 e. The van der Waals surface area contributed by atoms with E-state index in [0.717, 1.165) is 41.9 Å². The van der Waals surface area contributed by atoms with Crippen LogP contribution < -0.4 is 26.8 Å². The highest BCUT2D eigenvalue weighted by atomic mass is 32.3. The zero-order valence-electron chi connectivity index (χ0n) is 26.9. The number of anilines is 1. The van der Waals surface area contributed by atoms with Gasteiger partial charge in [0.05, 0.1) is 5.54 Å². The number of amides is 2. The van der Waals surface area contributed by atoms with E-state index in [0.29, 0.717) is 35.7 Å². The number of carbonyl (C=O) groups is 3. The van der Waals surface area contributed by atoms with E-state index in [9.17, 15) is 27.9 Å². The molecule has 266 valence electrons. The number of β-lactam (4-membered cyclic amide) rings is 1. The van der Waals surface area contributed by atoms with Crippen molar-refractivity contribution in [3.8, 4) is 5.75 Å². The first-order valence-corrected chi connectivity index (χ1v) is 17.6. The Hall–Kier alpha value is -4.37. The lowest BCUT2D eigenvalue weighted by molar-refractivity contribution is -0.218. The Bertz CT molecular complexity index is 1790. The second kappa shape index (κ2) is 13.9. The molecular formula is C29H38N8O10S2. The number of thiazole rings is 1. The molecule has 0 radical (unpaired) electrons. The molecule has 2 amide bonds. The molecule has 4 heterocycles. The molecule has 0 bridgehead atoms. The number of oxime groups is 1. The number of nitrogens with two attached hydrogens (primary N) is 2. The Morgan fingerprint density at radius 2 is 2.06 bits per heavy atom. The minimum atomic E-state index is -5.03. The van der Waals surface area contributed by atoms with Gasteiger partial charge in [-0.3, -0.25) is 19.1 Å². The Balaban J connectivity index is 1.31. The van der Waals surface area contributed by atoms with Crippen molar-refractivity contribution in [3.63, 3.8) is 0 Å². The van der Waals surface area contributed by atoms with Crippen molar-refractivity contribution in [2.45, 2.75) is 82.2 Å². The molecule has 0 spiro atoms. The van der Waals surface area contributed by atoms with Gasteiger partial charge < -0.3 is 36.8 Å². The average Bonchev–Trinajstić information content (AvgIpc) is 3.45. The summed E-state index contributed by atoms with van der Waals surface area (Å²) in [5.41, 5.74) is 9.40. The van der Waals surface area contributed by atoms with Gasteiger partial charge in [-0.1, -0.05) is 5.16 Å². The van der Waals surface area contributed by atoms with Gasteiger partial charge in [0, 0.05) is 23.5 Å². The van der Waals surface area contributed by atoms with E-state index in [2.05, 4.69) is 30.0 Å². The van der Waals surface area contributed by atoms with E-state index in [1.54, 1.807) is 12.1 Å². The molecule has 8 N–H and O–H groups in total. The molecule has 18 nitrogen and oxygen atoms in total. The van der Waals surface area contributed by atoms with Crippen molar-refractivity contribution in [2.24, 2.45) is 15.9 Å². The third kappa shape index (κ3) is 7.77. The van der Waals surface area contributed by atoms with E-state index >= 15 is 0 Å². The zero-order valence-corrected chi connectivity index (χ0v) is 28.5. The first-order valence-electron chi connectivity index (χ1n) is 15.4. The number of ether oxygens (including phenoxy) is 1. The number of amidine groups is 1. The molecule has 5 rings (SSSR count). The lowest BCUT2D eigenvalue weighted by atomic mass is 9.84. The molecule has 3 aliphatic heterocycles. The molecular weight excluding hydrogens is 684 g/mol. The van der Waals surface area contributed by atoms with Gasteiger partial charge in [0.1, 0.15) is 23.3 Å². The number of carbonyl (C=O) groups excluding carboxylic acids is 2. The summed E-state index contributed by atoms with van der Waals surface area (Å²) in [5, 5.41) is 21.8. The SMILES string of the molecule is CC1(C)[C@H](NC(=O)/C(=N\O[C@](C)(C(=O)O)[C@H]2CCc3cc(C(N)=NCCC[C@@H]4CCN4)ccc3O2)c2csc(N)n2)C(=O)N1OS(=O)(=O)O. The maximum absolute atomic E-state index is 13.4. The number of carboxylic acids is 1. The molecule has 49 heavy (non-hydrogen) atoms. The van der Waals surface area contributed by atoms with Crippen LogP contribution in [0.15, 0.2) is 33.7 Å². The second-order valence-corrected chi connectivity index (χ2v) is 14.4. The number of hydroxylamine groups is 2. The molecule has 0 unspecified atom stereocenters. The minimum Gasteiger partial charge on any atom is -0.485 e. The number of hydrogen-bond donors (Lipinski definition) is 6. The molecule has 2 aromatic rings.